The van der Waals surface area contributed by atoms with Crippen molar-refractivity contribution in [2.75, 3.05) is 0 Å². The Balaban J connectivity index is 1.63. The van der Waals surface area contributed by atoms with Gasteiger partial charge in [0.05, 0.1) is 28.5 Å². The maximum absolute atomic E-state index is 9.02. The average Bonchev–Trinajstić information content (AvgIpc) is 3.30. The highest BCUT2D eigenvalue weighted by molar-refractivity contribution is 9.10. The van der Waals surface area contributed by atoms with Gasteiger partial charge in [-0.3, -0.25) is 4.98 Å². The number of aliphatic hydroxyl groups is 1. The molecule has 1 aliphatic carbocycles. The van der Waals surface area contributed by atoms with Gasteiger partial charge < -0.3 is 9.84 Å². The van der Waals surface area contributed by atoms with Crippen LogP contribution in [0.2, 0.25) is 0 Å². The van der Waals surface area contributed by atoms with Crippen LogP contribution >= 0.6 is 15.9 Å². The first kappa shape index (κ1) is 14.6. The molecule has 0 radical (unpaired) electrons. The van der Waals surface area contributed by atoms with E-state index in [1.807, 2.05) is 16.8 Å². The second-order valence-corrected chi connectivity index (χ2v) is 6.50. The Hall–Kier alpha value is -1.99. The molecule has 0 aliphatic heterocycles. The molecule has 118 valence electrons. The first-order valence-corrected chi connectivity index (χ1v) is 8.29. The molecule has 1 fully saturated rings. The summed E-state index contributed by atoms with van der Waals surface area (Å²) in [7, 11) is 0. The average molecular weight is 375 g/mol. The van der Waals surface area contributed by atoms with Gasteiger partial charge >= 0.3 is 0 Å². The molecule has 0 bridgehead atoms. The highest BCUT2D eigenvalue weighted by Gasteiger charge is 2.23. The highest BCUT2D eigenvalue weighted by Crippen LogP contribution is 2.36. The van der Waals surface area contributed by atoms with E-state index in [4.69, 9.17) is 9.84 Å². The van der Waals surface area contributed by atoms with Crippen LogP contribution in [-0.2, 0) is 13.2 Å². The quantitative estimate of drug-likeness (QED) is 0.741. The first-order valence-electron chi connectivity index (χ1n) is 7.50. The lowest BCUT2D eigenvalue weighted by atomic mass is 10.3. The molecule has 0 atom stereocenters. The van der Waals surface area contributed by atoms with Gasteiger partial charge in [0.1, 0.15) is 17.0 Å². The van der Waals surface area contributed by atoms with Crippen LogP contribution in [0.4, 0.5) is 0 Å². The van der Waals surface area contributed by atoms with Crippen molar-refractivity contribution in [3.8, 4) is 11.5 Å². The second kappa shape index (κ2) is 5.90. The summed E-state index contributed by atoms with van der Waals surface area (Å²) in [5.74, 6) is 2.01. The molecule has 23 heavy (non-hydrogen) atoms. The third-order valence-electron chi connectivity index (χ3n) is 3.91. The molecule has 1 N–H and O–H groups in total. The van der Waals surface area contributed by atoms with Gasteiger partial charge in [-0.15, -0.1) is 5.10 Å². The number of halogens is 1. The Kier molecular flexibility index (Phi) is 3.74. The fourth-order valence-electron chi connectivity index (χ4n) is 2.44. The van der Waals surface area contributed by atoms with Crippen molar-refractivity contribution in [1.82, 2.24) is 20.0 Å². The van der Waals surface area contributed by atoms with Crippen LogP contribution in [0.25, 0.3) is 11.0 Å². The maximum atomic E-state index is 9.02. The van der Waals surface area contributed by atoms with Crippen molar-refractivity contribution in [2.45, 2.75) is 26.0 Å². The summed E-state index contributed by atoms with van der Waals surface area (Å²) in [6.07, 6.45) is 4.15. The third kappa shape index (κ3) is 2.94. The number of hydrogen-bond donors (Lipinski definition) is 1. The van der Waals surface area contributed by atoms with Crippen molar-refractivity contribution < 1.29 is 9.84 Å². The van der Waals surface area contributed by atoms with E-state index in [9.17, 15) is 0 Å². The van der Waals surface area contributed by atoms with Crippen molar-refractivity contribution in [3.63, 3.8) is 0 Å². The molecular formula is C16H15BrN4O2. The Labute approximate surface area is 141 Å². The number of fused-ring (bicyclic) bond motifs is 1. The molecule has 7 heteroatoms. The van der Waals surface area contributed by atoms with E-state index in [-0.39, 0.29) is 6.61 Å². The number of benzene rings is 1. The lowest BCUT2D eigenvalue weighted by molar-refractivity contribution is 0.276. The lowest BCUT2D eigenvalue weighted by Crippen LogP contribution is -2.01. The Morgan fingerprint density at radius 2 is 2.13 bits per heavy atom. The van der Waals surface area contributed by atoms with E-state index >= 15 is 0 Å². The van der Waals surface area contributed by atoms with E-state index in [2.05, 4.69) is 31.2 Å². The van der Waals surface area contributed by atoms with Gasteiger partial charge in [0.2, 0.25) is 0 Å². The number of nitrogens with zero attached hydrogens (tertiary/aromatic N) is 4. The van der Waals surface area contributed by atoms with Gasteiger partial charge in [-0.1, -0.05) is 5.21 Å². The fourth-order valence-corrected chi connectivity index (χ4v) is 2.93. The first-order chi connectivity index (χ1) is 11.2. The van der Waals surface area contributed by atoms with Crippen molar-refractivity contribution in [3.05, 3.63) is 40.6 Å². The minimum Gasteiger partial charge on any atom is -0.454 e. The van der Waals surface area contributed by atoms with Crippen LogP contribution in [0.15, 0.2) is 34.9 Å². The fraction of sp³-hybridized carbons (Fsp3) is 0.312. The summed E-state index contributed by atoms with van der Waals surface area (Å²) in [5, 5.41) is 17.5. The molecule has 0 unspecified atom stereocenters. The third-order valence-corrected chi connectivity index (χ3v) is 4.67. The summed E-state index contributed by atoms with van der Waals surface area (Å²) in [5.41, 5.74) is 2.41. The molecule has 2 aromatic heterocycles. The second-order valence-electron chi connectivity index (χ2n) is 5.71. The Morgan fingerprint density at radius 1 is 1.26 bits per heavy atom. The molecule has 0 amide bonds. The minimum atomic E-state index is -0.0833. The SMILES string of the molecule is OCc1ccc(Oc2ccc3c(nnn3CC3CC3)c2Br)cn1. The number of aliphatic hydroxyl groups excluding tert-OH is 1. The molecule has 1 aliphatic rings. The van der Waals surface area contributed by atoms with Gasteiger partial charge in [-0.05, 0) is 59.0 Å². The zero-order valence-electron chi connectivity index (χ0n) is 12.3. The number of aromatic nitrogens is 4. The van der Waals surface area contributed by atoms with Gasteiger partial charge in [0, 0.05) is 6.54 Å². The molecule has 3 aromatic rings. The smallest absolute Gasteiger partial charge is 0.145 e. The van der Waals surface area contributed by atoms with E-state index < -0.39 is 0 Å². The summed E-state index contributed by atoms with van der Waals surface area (Å²) in [4.78, 5) is 4.11. The Morgan fingerprint density at radius 3 is 2.83 bits per heavy atom. The predicted molar refractivity (Wildman–Crippen MR) is 88.2 cm³/mol. The van der Waals surface area contributed by atoms with Crippen molar-refractivity contribution in [2.24, 2.45) is 5.92 Å². The molecular weight excluding hydrogens is 360 g/mol. The van der Waals surface area contributed by atoms with E-state index in [1.165, 1.54) is 12.8 Å². The van der Waals surface area contributed by atoms with E-state index in [0.29, 0.717) is 17.2 Å². The number of ether oxygens (including phenoxy) is 1. The standard InChI is InChI=1S/C16H15BrN4O2/c17-15-14(23-12-4-3-11(9-22)18-7-12)6-5-13-16(15)19-20-21(13)8-10-1-2-10/h3-7,10,22H,1-2,8-9H2. The minimum absolute atomic E-state index is 0.0833. The molecule has 6 nitrogen and oxygen atoms in total. The van der Waals surface area contributed by atoms with Crippen molar-refractivity contribution >= 4 is 27.0 Å². The van der Waals surface area contributed by atoms with Crippen LogP contribution in [0.3, 0.4) is 0 Å². The van der Waals surface area contributed by atoms with Crippen LogP contribution in [0.5, 0.6) is 11.5 Å². The summed E-state index contributed by atoms with van der Waals surface area (Å²) < 4.78 is 8.59. The topological polar surface area (TPSA) is 73.1 Å². The number of pyridine rings is 1. The summed E-state index contributed by atoms with van der Waals surface area (Å²) in [6.45, 7) is 0.843. The van der Waals surface area contributed by atoms with Crippen LogP contribution in [0.1, 0.15) is 18.5 Å². The number of hydrogen-bond acceptors (Lipinski definition) is 5. The summed E-state index contributed by atoms with van der Waals surface area (Å²) >= 11 is 3.56. The Bertz CT molecular complexity index is 843. The van der Waals surface area contributed by atoms with E-state index in [1.54, 1.807) is 18.3 Å². The van der Waals surface area contributed by atoms with Crippen LogP contribution < -0.4 is 4.74 Å². The van der Waals surface area contributed by atoms with Crippen molar-refractivity contribution in [1.29, 1.82) is 0 Å². The zero-order valence-corrected chi connectivity index (χ0v) is 13.9. The number of rotatable bonds is 5. The van der Waals surface area contributed by atoms with Gasteiger partial charge in [0.25, 0.3) is 0 Å². The lowest BCUT2D eigenvalue weighted by Gasteiger charge is -2.08. The monoisotopic (exact) mass is 374 g/mol. The van der Waals surface area contributed by atoms with Gasteiger partial charge in [-0.2, -0.15) is 0 Å². The van der Waals surface area contributed by atoms with Gasteiger partial charge in [-0.25, -0.2) is 4.68 Å². The predicted octanol–water partition coefficient (Wildman–Crippen LogP) is 3.28. The summed E-state index contributed by atoms with van der Waals surface area (Å²) in [6, 6.07) is 7.39. The van der Waals surface area contributed by atoms with E-state index in [0.717, 1.165) is 28.0 Å². The molecule has 1 saturated carbocycles. The molecule has 0 spiro atoms. The van der Waals surface area contributed by atoms with Gasteiger partial charge in [0.15, 0.2) is 0 Å². The largest absolute Gasteiger partial charge is 0.454 e. The molecule has 2 heterocycles. The molecule has 1 aromatic carbocycles. The zero-order chi connectivity index (χ0) is 15.8. The highest BCUT2D eigenvalue weighted by atomic mass is 79.9. The molecule has 4 rings (SSSR count). The van der Waals surface area contributed by atoms with Crippen LogP contribution in [0, 0.1) is 5.92 Å². The molecule has 0 saturated heterocycles. The maximum Gasteiger partial charge on any atom is 0.145 e. The normalized spacial score (nSPS) is 14.3. The van der Waals surface area contributed by atoms with Crippen LogP contribution in [-0.4, -0.2) is 25.1 Å².